The fourth-order valence-electron chi connectivity index (χ4n) is 2.86. The number of carbonyl (C=O) groups excluding carboxylic acids is 1. The number of amides is 1. The summed E-state index contributed by atoms with van der Waals surface area (Å²) in [4.78, 5) is 15.8. The van der Waals surface area contributed by atoms with Crippen LogP contribution in [-0.2, 0) is 6.42 Å². The Morgan fingerprint density at radius 3 is 2.42 bits per heavy atom. The second-order valence-corrected chi connectivity index (χ2v) is 5.91. The highest BCUT2D eigenvalue weighted by atomic mass is 35.5. The summed E-state index contributed by atoms with van der Waals surface area (Å²) in [5.74, 6) is 0.884. The Kier molecular flexibility index (Phi) is 7.07. The zero-order valence-electron chi connectivity index (χ0n) is 13.6. The van der Waals surface area contributed by atoms with E-state index in [0.717, 1.165) is 12.2 Å². The van der Waals surface area contributed by atoms with Crippen molar-refractivity contribution < 1.29 is 9.53 Å². The Bertz CT molecular complexity index is 626. The molecular weight excluding hydrogens is 324 g/mol. The van der Waals surface area contributed by atoms with E-state index in [2.05, 4.69) is 22.4 Å². The van der Waals surface area contributed by atoms with Crippen LogP contribution in [-0.4, -0.2) is 23.5 Å². The van der Waals surface area contributed by atoms with Gasteiger partial charge < -0.3 is 10.1 Å². The van der Waals surface area contributed by atoms with E-state index in [1.807, 2.05) is 12.1 Å². The molecule has 0 saturated heterocycles. The minimum Gasteiger partial charge on any atom is -0.490 e. The quantitative estimate of drug-likeness (QED) is 0.865. The van der Waals surface area contributed by atoms with Gasteiger partial charge in [-0.25, -0.2) is 0 Å². The molecule has 1 aromatic carbocycles. The number of pyridine rings is 1. The predicted molar refractivity (Wildman–Crippen MR) is 96.8 cm³/mol. The van der Waals surface area contributed by atoms with Crippen LogP contribution in [0.4, 0.5) is 0 Å². The average Bonchev–Trinajstić information content (AvgIpc) is 3.10. The number of nitrogens with one attached hydrogen (secondary N) is 1. The summed E-state index contributed by atoms with van der Waals surface area (Å²) in [5.41, 5.74) is 1.83. The number of halogens is 1. The van der Waals surface area contributed by atoms with E-state index >= 15 is 0 Å². The maximum atomic E-state index is 11.9. The Labute approximate surface area is 149 Å². The van der Waals surface area contributed by atoms with Crippen LogP contribution in [0.5, 0.6) is 5.75 Å². The van der Waals surface area contributed by atoms with Crippen LogP contribution < -0.4 is 10.1 Å². The van der Waals surface area contributed by atoms with Crippen molar-refractivity contribution in [1.29, 1.82) is 0 Å². The molecule has 1 aromatic heterocycles. The monoisotopic (exact) mass is 346 g/mol. The number of rotatable bonds is 6. The van der Waals surface area contributed by atoms with Crippen molar-refractivity contribution in [2.45, 2.75) is 38.2 Å². The molecule has 3 rings (SSSR count). The first-order valence-corrected chi connectivity index (χ1v) is 8.25. The molecule has 1 saturated carbocycles. The van der Waals surface area contributed by atoms with Gasteiger partial charge in [-0.05, 0) is 61.9 Å². The number of benzene rings is 1. The molecule has 1 heterocycles. The number of hydrogen-bond acceptors (Lipinski definition) is 3. The molecule has 0 atom stereocenters. The fraction of sp³-hybridized carbons (Fsp3) is 0.368. The number of carbonyl (C=O) groups is 1. The first kappa shape index (κ1) is 18.3. The first-order valence-electron chi connectivity index (χ1n) is 8.25. The van der Waals surface area contributed by atoms with E-state index in [-0.39, 0.29) is 18.3 Å². The number of nitrogens with zero attached hydrogens (tertiary/aromatic N) is 1. The smallest absolute Gasteiger partial charge is 0.251 e. The van der Waals surface area contributed by atoms with E-state index in [4.69, 9.17) is 4.74 Å². The summed E-state index contributed by atoms with van der Waals surface area (Å²) >= 11 is 0. The second kappa shape index (κ2) is 9.28. The molecule has 5 heteroatoms. The molecule has 0 unspecified atom stereocenters. The number of hydrogen-bond donors (Lipinski definition) is 1. The summed E-state index contributed by atoms with van der Waals surface area (Å²) in [6.07, 6.45) is 9.34. The maximum absolute atomic E-state index is 11.9. The average molecular weight is 347 g/mol. The van der Waals surface area contributed by atoms with Crippen molar-refractivity contribution in [3.63, 3.8) is 0 Å². The molecule has 1 amide bonds. The lowest BCUT2D eigenvalue weighted by atomic mass is 10.1. The molecule has 1 aliphatic rings. The highest BCUT2D eigenvalue weighted by Crippen LogP contribution is 2.24. The van der Waals surface area contributed by atoms with E-state index < -0.39 is 0 Å². The molecule has 0 radical (unpaired) electrons. The van der Waals surface area contributed by atoms with Gasteiger partial charge in [-0.1, -0.05) is 12.1 Å². The normalized spacial score (nSPS) is 14.0. The van der Waals surface area contributed by atoms with Crippen molar-refractivity contribution >= 4 is 18.3 Å². The van der Waals surface area contributed by atoms with Gasteiger partial charge in [-0.3, -0.25) is 9.78 Å². The topological polar surface area (TPSA) is 51.2 Å². The van der Waals surface area contributed by atoms with Gasteiger partial charge in [0.25, 0.3) is 5.91 Å². The Balaban J connectivity index is 0.00000208. The van der Waals surface area contributed by atoms with Crippen LogP contribution in [0.2, 0.25) is 0 Å². The van der Waals surface area contributed by atoms with Crippen LogP contribution in [0.15, 0.2) is 48.8 Å². The molecule has 128 valence electrons. The third-order valence-electron chi connectivity index (χ3n) is 4.17. The molecule has 2 aromatic rings. The summed E-state index contributed by atoms with van der Waals surface area (Å²) in [6, 6.07) is 11.6. The minimum absolute atomic E-state index is 0. The standard InChI is InChI=1S/C19H22N2O2.ClH/c22-19(16-10-12-20-13-11-16)21-14-9-15-5-7-18(8-6-15)23-17-3-1-2-4-17;/h5-8,10-13,17H,1-4,9,14H2,(H,21,22);1H. The van der Waals surface area contributed by atoms with Gasteiger partial charge >= 0.3 is 0 Å². The zero-order valence-corrected chi connectivity index (χ0v) is 14.4. The van der Waals surface area contributed by atoms with Crippen molar-refractivity contribution in [1.82, 2.24) is 10.3 Å². The molecule has 24 heavy (non-hydrogen) atoms. The Morgan fingerprint density at radius 2 is 1.75 bits per heavy atom. The third-order valence-corrected chi connectivity index (χ3v) is 4.17. The van der Waals surface area contributed by atoms with Crippen LogP contribution in [0.3, 0.4) is 0 Å². The maximum Gasteiger partial charge on any atom is 0.251 e. The van der Waals surface area contributed by atoms with Gasteiger partial charge in [0.15, 0.2) is 0 Å². The highest BCUT2D eigenvalue weighted by Gasteiger charge is 2.16. The van der Waals surface area contributed by atoms with E-state index in [9.17, 15) is 4.79 Å². The second-order valence-electron chi connectivity index (χ2n) is 5.91. The van der Waals surface area contributed by atoms with Gasteiger partial charge in [0.1, 0.15) is 5.75 Å². The van der Waals surface area contributed by atoms with Crippen LogP contribution in [0.25, 0.3) is 0 Å². The largest absolute Gasteiger partial charge is 0.490 e. The van der Waals surface area contributed by atoms with E-state index in [1.54, 1.807) is 24.5 Å². The zero-order chi connectivity index (χ0) is 15.9. The Hall–Kier alpha value is -2.07. The van der Waals surface area contributed by atoms with Gasteiger partial charge in [0, 0.05) is 24.5 Å². The Morgan fingerprint density at radius 1 is 1.08 bits per heavy atom. The van der Waals surface area contributed by atoms with Crippen molar-refractivity contribution in [2.75, 3.05) is 6.54 Å². The van der Waals surface area contributed by atoms with Crippen LogP contribution in [0, 0.1) is 0 Å². The summed E-state index contributed by atoms with van der Waals surface area (Å²) in [5, 5.41) is 2.92. The number of aromatic nitrogens is 1. The third kappa shape index (κ3) is 5.24. The van der Waals surface area contributed by atoms with Crippen LogP contribution in [0.1, 0.15) is 41.6 Å². The molecule has 0 bridgehead atoms. The molecule has 0 aliphatic heterocycles. The SMILES string of the molecule is Cl.O=C(NCCc1ccc(OC2CCCC2)cc1)c1ccncc1. The number of ether oxygens (including phenoxy) is 1. The molecular formula is C19H23ClN2O2. The molecule has 0 spiro atoms. The van der Waals surface area contributed by atoms with E-state index in [0.29, 0.717) is 18.2 Å². The lowest BCUT2D eigenvalue weighted by Crippen LogP contribution is -2.25. The molecule has 1 fully saturated rings. The van der Waals surface area contributed by atoms with Gasteiger partial charge in [-0.15, -0.1) is 12.4 Å². The fourth-order valence-corrected chi connectivity index (χ4v) is 2.86. The molecule has 1 aliphatic carbocycles. The molecule has 4 nitrogen and oxygen atoms in total. The minimum atomic E-state index is -0.0615. The van der Waals surface area contributed by atoms with Crippen molar-refractivity contribution in [2.24, 2.45) is 0 Å². The lowest BCUT2D eigenvalue weighted by molar-refractivity contribution is 0.0954. The van der Waals surface area contributed by atoms with Gasteiger partial charge in [0.05, 0.1) is 6.10 Å². The molecule has 1 N–H and O–H groups in total. The first-order chi connectivity index (χ1) is 11.3. The van der Waals surface area contributed by atoms with Crippen molar-refractivity contribution in [3.05, 3.63) is 59.9 Å². The van der Waals surface area contributed by atoms with Gasteiger partial charge in [-0.2, -0.15) is 0 Å². The predicted octanol–water partition coefficient (Wildman–Crippen LogP) is 3.80. The summed E-state index contributed by atoms with van der Waals surface area (Å²) < 4.78 is 5.96. The van der Waals surface area contributed by atoms with Gasteiger partial charge in [0.2, 0.25) is 0 Å². The lowest BCUT2D eigenvalue weighted by Gasteiger charge is -2.13. The van der Waals surface area contributed by atoms with Crippen molar-refractivity contribution in [3.8, 4) is 5.75 Å². The summed E-state index contributed by atoms with van der Waals surface area (Å²) in [7, 11) is 0. The summed E-state index contributed by atoms with van der Waals surface area (Å²) in [6.45, 7) is 0.615. The van der Waals surface area contributed by atoms with Crippen LogP contribution >= 0.6 is 12.4 Å². The highest BCUT2D eigenvalue weighted by molar-refractivity contribution is 5.93. The van der Waals surface area contributed by atoms with E-state index in [1.165, 1.54) is 31.2 Å².